The fourth-order valence-corrected chi connectivity index (χ4v) is 6.10. The molecule has 0 radical (unpaired) electrons. The molecule has 0 saturated carbocycles. The number of para-hydroxylation sites is 1. The second-order valence-corrected chi connectivity index (χ2v) is 10.4. The molecule has 3 aromatic carbocycles. The van der Waals surface area contributed by atoms with Crippen molar-refractivity contribution in [2.24, 2.45) is 0 Å². The van der Waals surface area contributed by atoms with Crippen LogP contribution in [-0.2, 0) is 28.1 Å². The molecule has 0 N–H and O–H groups in total. The Kier molecular flexibility index (Phi) is 5.14. The number of nitrogens with zero attached hydrogens (tertiary/aromatic N) is 3. The Hall–Kier alpha value is -3.33. The molecule has 4 aromatic rings. The summed E-state index contributed by atoms with van der Waals surface area (Å²) in [4.78, 5) is 20.2. The zero-order valence-electron chi connectivity index (χ0n) is 18.9. The molecule has 1 aromatic heterocycles. The molecule has 0 bridgehead atoms. The maximum atomic E-state index is 14.2. The lowest BCUT2D eigenvalue weighted by Crippen LogP contribution is -2.64. The first kappa shape index (κ1) is 22.2. The largest absolute Gasteiger partial charge is 0.598 e. The number of carbonyl (C=O) groups is 1. The van der Waals surface area contributed by atoms with Crippen molar-refractivity contribution in [2.45, 2.75) is 12.0 Å². The molecule has 1 amide bonds. The van der Waals surface area contributed by atoms with Crippen LogP contribution in [0.4, 0.5) is 14.5 Å². The summed E-state index contributed by atoms with van der Waals surface area (Å²) in [5, 5.41) is 1.63. The molecule has 1 unspecified atom stereocenters. The van der Waals surface area contributed by atoms with Crippen LogP contribution in [0, 0.1) is 11.6 Å². The number of pyridine rings is 1. The number of halogens is 2. The highest BCUT2D eigenvalue weighted by Crippen LogP contribution is 2.48. The van der Waals surface area contributed by atoms with Gasteiger partial charge in [-0.3, -0.25) is 9.78 Å². The van der Waals surface area contributed by atoms with Crippen LogP contribution in [0.5, 0.6) is 0 Å². The number of benzene rings is 3. The molecule has 35 heavy (non-hydrogen) atoms. The second-order valence-electron chi connectivity index (χ2n) is 9.04. The Balaban J connectivity index is 1.48. The third kappa shape index (κ3) is 3.43. The van der Waals surface area contributed by atoms with Crippen molar-refractivity contribution in [1.82, 2.24) is 9.29 Å². The molecule has 8 heteroatoms. The lowest BCUT2D eigenvalue weighted by molar-refractivity contribution is -0.127. The highest BCUT2D eigenvalue weighted by molar-refractivity contribution is 7.88. The normalized spacial score (nSPS) is 17.6. The Bertz CT molecular complexity index is 1470. The topological polar surface area (TPSA) is 59.5 Å². The lowest BCUT2D eigenvalue weighted by atomic mass is 9.76. The van der Waals surface area contributed by atoms with Crippen molar-refractivity contribution >= 4 is 33.7 Å². The number of carbonyl (C=O) groups excluding carboxylic acids is 1. The first-order valence-corrected chi connectivity index (χ1v) is 12.7. The van der Waals surface area contributed by atoms with E-state index < -0.39 is 28.4 Å². The fraction of sp³-hybridized carbons (Fsp3) is 0.185. The van der Waals surface area contributed by atoms with Gasteiger partial charge in [-0.2, -0.15) is 0 Å². The van der Waals surface area contributed by atoms with Gasteiger partial charge in [0.2, 0.25) is 5.91 Å². The Morgan fingerprint density at radius 2 is 1.71 bits per heavy atom. The van der Waals surface area contributed by atoms with Gasteiger partial charge in [0.15, 0.2) is 0 Å². The van der Waals surface area contributed by atoms with E-state index in [2.05, 4.69) is 4.98 Å². The smallest absolute Gasteiger partial charge is 0.241 e. The summed E-state index contributed by atoms with van der Waals surface area (Å²) in [5.74, 6) is -1.43. The van der Waals surface area contributed by atoms with Crippen LogP contribution in [-0.4, -0.2) is 39.1 Å². The molecule has 3 heterocycles. The van der Waals surface area contributed by atoms with Crippen LogP contribution in [0.25, 0.3) is 21.9 Å². The summed E-state index contributed by atoms with van der Waals surface area (Å²) >= 11 is -1.16. The van der Waals surface area contributed by atoms with Crippen LogP contribution in [0.15, 0.2) is 72.9 Å². The van der Waals surface area contributed by atoms with Gasteiger partial charge >= 0.3 is 0 Å². The molecule has 1 spiro atoms. The van der Waals surface area contributed by atoms with Crippen LogP contribution in [0.1, 0.15) is 11.3 Å². The number of anilines is 1. The van der Waals surface area contributed by atoms with E-state index in [0.717, 1.165) is 28.1 Å². The average Bonchev–Trinajstić information content (AvgIpc) is 3.05. The monoisotopic (exact) mass is 489 g/mol. The number of fused-ring (bicyclic) bond motifs is 3. The van der Waals surface area contributed by atoms with Crippen molar-refractivity contribution in [3.8, 4) is 11.1 Å². The summed E-state index contributed by atoms with van der Waals surface area (Å²) in [7, 11) is 0. The minimum absolute atomic E-state index is 0.0771. The predicted octanol–water partition coefficient (Wildman–Crippen LogP) is 4.57. The van der Waals surface area contributed by atoms with E-state index in [0.29, 0.717) is 29.9 Å². The van der Waals surface area contributed by atoms with Gasteiger partial charge < -0.3 is 9.45 Å². The van der Waals surface area contributed by atoms with Crippen LogP contribution in [0.2, 0.25) is 0 Å². The summed E-state index contributed by atoms with van der Waals surface area (Å²) in [6, 6.07) is 18.6. The van der Waals surface area contributed by atoms with Gasteiger partial charge in [-0.25, -0.2) is 8.78 Å². The van der Waals surface area contributed by atoms with Gasteiger partial charge in [-0.1, -0.05) is 42.5 Å². The molecule has 2 aliphatic rings. The Morgan fingerprint density at radius 1 is 1.03 bits per heavy atom. The first-order valence-electron chi connectivity index (χ1n) is 11.2. The molecule has 176 valence electrons. The van der Waals surface area contributed by atoms with Gasteiger partial charge in [-0.05, 0) is 34.7 Å². The van der Waals surface area contributed by atoms with Crippen molar-refractivity contribution in [1.29, 1.82) is 0 Å². The summed E-state index contributed by atoms with van der Waals surface area (Å²) < 4.78 is 42.2. The van der Waals surface area contributed by atoms with E-state index in [-0.39, 0.29) is 12.5 Å². The van der Waals surface area contributed by atoms with Gasteiger partial charge in [0.05, 0.1) is 25.3 Å². The summed E-state index contributed by atoms with van der Waals surface area (Å²) in [6.07, 6.45) is 3.33. The van der Waals surface area contributed by atoms with Crippen molar-refractivity contribution < 1.29 is 18.1 Å². The maximum Gasteiger partial charge on any atom is 0.241 e. The first-order chi connectivity index (χ1) is 16.9. The van der Waals surface area contributed by atoms with Gasteiger partial charge in [0.25, 0.3) is 0 Å². The van der Waals surface area contributed by atoms with Crippen molar-refractivity contribution in [3.05, 3.63) is 95.8 Å². The van der Waals surface area contributed by atoms with E-state index >= 15 is 0 Å². The number of aromatic nitrogens is 1. The third-order valence-corrected chi connectivity index (χ3v) is 7.94. The quantitative estimate of drug-likeness (QED) is 0.394. The van der Waals surface area contributed by atoms with Crippen LogP contribution in [0.3, 0.4) is 0 Å². The maximum absolute atomic E-state index is 14.2. The predicted molar refractivity (Wildman–Crippen MR) is 132 cm³/mol. The SMILES string of the molecule is C[S+]([O-])N1CC2(C1)C(=O)N(Cc1ncc3ccccc3c1-c1cc(F)cc(F)c1)c1ccccc12. The van der Waals surface area contributed by atoms with E-state index in [1.165, 1.54) is 12.1 Å². The molecular formula is C27H21F2N3O2S. The van der Waals surface area contributed by atoms with E-state index in [9.17, 15) is 18.1 Å². The zero-order chi connectivity index (χ0) is 24.3. The molecule has 0 aliphatic carbocycles. The van der Waals surface area contributed by atoms with E-state index in [1.54, 1.807) is 21.7 Å². The average molecular weight is 490 g/mol. The van der Waals surface area contributed by atoms with Crippen LogP contribution >= 0.6 is 0 Å². The van der Waals surface area contributed by atoms with Gasteiger partial charge in [-0.15, -0.1) is 4.31 Å². The number of amides is 1. The minimum atomic E-state index is -1.16. The number of rotatable bonds is 4. The summed E-state index contributed by atoms with van der Waals surface area (Å²) in [6.45, 7) is 0.913. The molecule has 2 aliphatic heterocycles. The minimum Gasteiger partial charge on any atom is -0.598 e. The lowest BCUT2D eigenvalue weighted by Gasteiger charge is -2.44. The molecule has 1 saturated heterocycles. The molecule has 1 fully saturated rings. The van der Waals surface area contributed by atoms with Crippen molar-refractivity contribution in [2.75, 3.05) is 24.2 Å². The Labute approximate surface area is 204 Å². The third-order valence-electron chi connectivity index (χ3n) is 6.96. The number of hydrogen-bond acceptors (Lipinski definition) is 4. The second kappa shape index (κ2) is 8.12. The molecule has 5 nitrogen and oxygen atoms in total. The molecule has 6 rings (SSSR count). The fourth-order valence-electron chi connectivity index (χ4n) is 5.29. The Morgan fingerprint density at radius 3 is 2.46 bits per heavy atom. The molecular weight excluding hydrogens is 468 g/mol. The highest BCUT2D eigenvalue weighted by Gasteiger charge is 2.60. The standard InChI is InChI=1S/C27H21F2N3O2S/c1-35(34)31-15-27(16-31)22-8-4-5-9-24(22)32(26(27)33)14-23-25(18-10-19(28)12-20(29)11-18)21-7-3-2-6-17(21)13-30-23/h2-13H,14-16H2,1H3. The van der Waals surface area contributed by atoms with E-state index in [1.807, 2.05) is 48.5 Å². The highest BCUT2D eigenvalue weighted by atomic mass is 32.2. The number of hydrogen-bond donors (Lipinski definition) is 0. The zero-order valence-corrected chi connectivity index (χ0v) is 19.7. The van der Waals surface area contributed by atoms with E-state index in [4.69, 9.17) is 0 Å². The summed E-state index contributed by atoms with van der Waals surface area (Å²) in [5.41, 5.74) is 2.45. The van der Waals surface area contributed by atoms with Crippen molar-refractivity contribution in [3.63, 3.8) is 0 Å². The van der Waals surface area contributed by atoms with Crippen LogP contribution < -0.4 is 4.90 Å². The van der Waals surface area contributed by atoms with Gasteiger partial charge in [0.1, 0.15) is 23.3 Å². The van der Waals surface area contributed by atoms with Gasteiger partial charge in [0, 0.05) is 40.3 Å². The molecule has 1 atom stereocenters.